The molecule has 0 radical (unpaired) electrons. The number of carbonyl (C=O) groups excluding carboxylic acids is 2. The van der Waals surface area contributed by atoms with E-state index in [1.54, 1.807) is 11.4 Å². The molecule has 1 saturated heterocycles. The summed E-state index contributed by atoms with van der Waals surface area (Å²) in [6, 6.07) is 1.70. The molecular weight excluding hydrogens is 342 g/mol. The maximum atomic E-state index is 11.9. The van der Waals surface area contributed by atoms with Crippen LogP contribution in [0.5, 0.6) is 0 Å². The maximum absolute atomic E-state index is 11.9. The van der Waals surface area contributed by atoms with Crippen LogP contribution in [0.4, 0.5) is 0 Å². The van der Waals surface area contributed by atoms with E-state index in [9.17, 15) is 18.0 Å². The fourth-order valence-corrected chi connectivity index (χ4v) is 4.62. The van der Waals surface area contributed by atoms with E-state index in [1.165, 1.54) is 25.2 Å². The molecule has 0 aliphatic carbocycles. The summed E-state index contributed by atoms with van der Waals surface area (Å²) in [5, 5.41) is 1.72. The lowest BCUT2D eigenvalue weighted by atomic mass is 10.2. The summed E-state index contributed by atoms with van der Waals surface area (Å²) in [5.41, 5.74) is 0. The minimum absolute atomic E-state index is 0.385. The number of ketones is 1. The fourth-order valence-electron chi connectivity index (χ4n) is 1.61. The quantitative estimate of drug-likeness (QED) is 0.776. The van der Waals surface area contributed by atoms with Crippen LogP contribution in [0, 0.1) is 0 Å². The minimum Gasteiger partial charge on any atom is -0.291 e. The summed E-state index contributed by atoms with van der Waals surface area (Å²) in [6.07, 6.45) is 0. The zero-order valence-electron chi connectivity index (χ0n) is 9.64. The van der Waals surface area contributed by atoms with Gasteiger partial charge in [0.1, 0.15) is 6.54 Å². The smallest absolute Gasteiger partial charge is 0.259 e. The SMILES string of the molecule is CC1(C)C(=O)N(CC(=O)c2sccc2Br)S1(=O)=O. The van der Waals surface area contributed by atoms with Crippen LogP contribution >= 0.6 is 27.3 Å². The van der Waals surface area contributed by atoms with Gasteiger partial charge in [-0.25, -0.2) is 12.7 Å². The summed E-state index contributed by atoms with van der Waals surface area (Å²) in [4.78, 5) is 24.0. The Morgan fingerprint density at radius 2 is 2.11 bits per heavy atom. The van der Waals surface area contributed by atoms with Crippen molar-refractivity contribution in [2.75, 3.05) is 6.54 Å². The molecule has 5 nitrogen and oxygen atoms in total. The second-order valence-electron chi connectivity index (χ2n) is 4.35. The van der Waals surface area contributed by atoms with Crippen LogP contribution in [0.2, 0.25) is 0 Å². The molecule has 1 amide bonds. The van der Waals surface area contributed by atoms with Crippen LogP contribution in [-0.2, 0) is 14.8 Å². The molecule has 2 rings (SSSR count). The number of Topliss-reactive ketones (excluding diaryl/α,β-unsaturated/α-hetero) is 1. The van der Waals surface area contributed by atoms with Crippen molar-refractivity contribution in [1.82, 2.24) is 4.31 Å². The van der Waals surface area contributed by atoms with E-state index < -0.39 is 27.2 Å². The molecule has 0 N–H and O–H groups in total. The average molecular weight is 352 g/mol. The van der Waals surface area contributed by atoms with E-state index >= 15 is 0 Å². The van der Waals surface area contributed by atoms with Crippen molar-refractivity contribution in [2.45, 2.75) is 18.6 Å². The number of carbonyl (C=O) groups is 2. The second kappa shape index (κ2) is 4.14. The van der Waals surface area contributed by atoms with Gasteiger partial charge in [0, 0.05) is 4.47 Å². The number of halogens is 1. The highest BCUT2D eigenvalue weighted by molar-refractivity contribution is 9.10. The van der Waals surface area contributed by atoms with Gasteiger partial charge in [-0.15, -0.1) is 11.3 Å². The van der Waals surface area contributed by atoms with Crippen LogP contribution in [0.15, 0.2) is 15.9 Å². The number of amides is 1. The first-order valence-corrected chi connectivity index (χ1v) is 8.14. The summed E-state index contributed by atoms with van der Waals surface area (Å²) in [7, 11) is -3.70. The monoisotopic (exact) mass is 351 g/mol. The first-order chi connectivity index (χ1) is 8.19. The lowest BCUT2D eigenvalue weighted by Gasteiger charge is -2.42. The number of nitrogens with zero attached hydrogens (tertiary/aromatic N) is 1. The molecule has 0 unspecified atom stereocenters. The Bertz CT molecular complexity index is 632. The van der Waals surface area contributed by atoms with Crippen LogP contribution < -0.4 is 0 Å². The Morgan fingerprint density at radius 1 is 1.50 bits per heavy atom. The van der Waals surface area contributed by atoms with E-state index in [-0.39, 0.29) is 5.78 Å². The average Bonchev–Trinajstić information content (AvgIpc) is 2.70. The van der Waals surface area contributed by atoms with Gasteiger partial charge in [-0.2, -0.15) is 0 Å². The van der Waals surface area contributed by atoms with Gasteiger partial charge in [-0.05, 0) is 41.2 Å². The largest absolute Gasteiger partial charge is 0.291 e. The van der Waals surface area contributed by atoms with E-state index in [2.05, 4.69) is 15.9 Å². The fraction of sp³-hybridized carbons (Fsp3) is 0.400. The van der Waals surface area contributed by atoms with Crippen LogP contribution in [0.3, 0.4) is 0 Å². The Morgan fingerprint density at radius 3 is 2.56 bits per heavy atom. The van der Waals surface area contributed by atoms with Gasteiger partial charge in [0.2, 0.25) is 0 Å². The van der Waals surface area contributed by atoms with Crippen molar-refractivity contribution in [3.63, 3.8) is 0 Å². The molecular formula is C10H10BrNO4S2. The molecule has 1 aromatic heterocycles. The molecule has 0 bridgehead atoms. The van der Waals surface area contributed by atoms with Crippen LogP contribution in [0.1, 0.15) is 23.5 Å². The Kier molecular flexibility index (Phi) is 3.15. The summed E-state index contributed by atoms with van der Waals surface area (Å²) < 4.78 is 23.5. The van der Waals surface area contributed by atoms with Crippen molar-refractivity contribution < 1.29 is 18.0 Å². The van der Waals surface area contributed by atoms with Crippen molar-refractivity contribution in [3.05, 3.63) is 20.8 Å². The normalized spacial score (nSPS) is 20.6. The predicted octanol–water partition coefficient (Wildman–Crippen LogP) is 1.64. The summed E-state index contributed by atoms with van der Waals surface area (Å²) >= 11 is 4.41. The van der Waals surface area contributed by atoms with Crippen molar-refractivity contribution in [2.24, 2.45) is 0 Å². The highest BCUT2D eigenvalue weighted by atomic mass is 79.9. The molecule has 98 valence electrons. The summed E-state index contributed by atoms with van der Waals surface area (Å²) in [5.74, 6) is -0.923. The second-order valence-corrected chi connectivity index (χ2v) is 8.53. The van der Waals surface area contributed by atoms with E-state index in [0.717, 1.165) is 0 Å². The zero-order valence-corrected chi connectivity index (χ0v) is 12.9. The third-order valence-corrected chi connectivity index (χ3v) is 7.05. The molecule has 0 aromatic carbocycles. The van der Waals surface area contributed by atoms with Crippen molar-refractivity contribution >= 4 is 49.0 Å². The van der Waals surface area contributed by atoms with Gasteiger partial charge in [0.25, 0.3) is 15.9 Å². The molecule has 8 heteroatoms. The predicted molar refractivity (Wildman–Crippen MR) is 71.1 cm³/mol. The minimum atomic E-state index is -3.70. The molecule has 0 saturated carbocycles. The molecule has 0 spiro atoms. The number of rotatable bonds is 3. The molecule has 1 fully saturated rings. The van der Waals surface area contributed by atoms with Crippen LogP contribution in [-0.4, -0.2) is 35.7 Å². The van der Waals surface area contributed by atoms with E-state index in [1.807, 2.05) is 0 Å². The van der Waals surface area contributed by atoms with Gasteiger partial charge in [0.05, 0.1) is 4.88 Å². The van der Waals surface area contributed by atoms with Crippen molar-refractivity contribution in [1.29, 1.82) is 0 Å². The maximum Gasteiger partial charge on any atom is 0.259 e. The number of thiophene rings is 1. The molecule has 1 aromatic rings. The molecule has 0 atom stereocenters. The van der Waals surface area contributed by atoms with E-state index in [0.29, 0.717) is 13.7 Å². The lowest BCUT2D eigenvalue weighted by molar-refractivity contribution is -0.131. The van der Waals surface area contributed by atoms with Crippen LogP contribution in [0.25, 0.3) is 0 Å². The van der Waals surface area contributed by atoms with Gasteiger partial charge in [0.15, 0.2) is 10.5 Å². The first-order valence-electron chi connectivity index (χ1n) is 5.02. The topological polar surface area (TPSA) is 71.5 Å². The lowest BCUT2D eigenvalue weighted by Crippen LogP contribution is -2.68. The Balaban J connectivity index is 2.21. The number of hydrogen-bond acceptors (Lipinski definition) is 5. The van der Waals surface area contributed by atoms with Gasteiger partial charge < -0.3 is 0 Å². The first kappa shape index (κ1) is 13.7. The molecule has 18 heavy (non-hydrogen) atoms. The Hall–Kier alpha value is -0.730. The van der Waals surface area contributed by atoms with Crippen molar-refractivity contribution in [3.8, 4) is 0 Å². The Labute approximate surface area is 117 Å². The standard InChI is InChI=1S/C10H10BrNO4S2/c1-10(2)9(14)12(18(10,15)16)5-7(13)8-6(11)3-4-17-8/h3-4H,5H2,1-2H3. The summed E-state index contributed by atoms with van der Waals surface area (Å²) in [6.45, 7) is 2.25. The van der Waals surface area contributed by atoms with Gasteiger partial charge >= 0.3 is 0 Å². The number of sulfonamides is 1. The molecule has 1 aliphatic heterocycles. The third kappa shape index (κ3) is 1.74. The third-order valence-electron chi connectivity index (χ3n) is 2.83. The van der Waals surface area contributed by atoms with E-state index in [4.69, 9.17) is 0 Å². The van der Waals surface area contributed by atoms with Gasteiger partial charge in [-0.3, -0.25) is 9.59 Å². The van der Waals surface area contributed by atoms with Gasteiger partial charge in [-0.1, -0.05) is 0 Å². The number of hydrogen-bond donors (Lipinski definition) is 0. The highest BCUT2D eigenvalue weighted by Gasteiger charge is 2.60. The molecule has 1 aliphatic rings. The molecule has 2 heterocycles. The highest BCUT2D eigenvalue weighted by Crippen LogP contribution is 2.35. The zero-order chi connectivity index (χ0) is 13.7.